The number of nitrogens with zero attached hydrogens (tertiary/aromatic N) is 3. The summed E-state index contributed by atoms with van der Waals surface area (Å²) in [4.78, 5) is 26.0. The van der Waals surface area contributed by atoms with Gasteiger partial charge >= 0.3 is 5.97 Å². The van der Waals surface area contributed by atoms with E-state index in [-0.39, 0.29) is 24.3 Å². The number of carbonyl (C=O) groups is 2. The van der Waals surface area contributed by atoms with Crippen molar-refractivity contribution in [3.8, 4) is 5.69 Å². The zero-order valence-corrected chi connectivity index (χ0v) is 16.0. The second kappa shape index (κ2) is 8.37. The molecule has 0 spiro atoms. The Labute approximate surface area is 159 Å². The van der Waals surface area contributed by atoms with E-state index in [2.05, 4.69) is 18.9 Å². The largest absolute Gasteiger partial charge is 0.481 e. The number of carboxylic acid groups (broad SMARTS) is 1. The molecule has 1 aliphatic rings. The third-order valence-corrected chi connectivity index (χ3v) is 5.13. The molecule has 0 saturated carbocycles. The fraction of sp³-hybridized carbons (Fsp3) is 0.476. The van der Waals surface area contributed by atoms with Gasteiger partial charge in [-0.1, -0.05) is 32.0 Å². The SMILES string of the molecule is CC(C)c1cc(C(=O)N2CCCCC2CCC(=O)O)nn1-c1ccccc1. The molecule has 1 aliphatic heterocycles. The molecule has 1 aromatic heterocycles. The summed E-state index contributed by atoms with van der Waals surface area (Å²) in [5.74, 6) is -0.687. The number of carboxylic acids is 1. The van der Waals surface area contributed by atoms with Crippen molar-refractivity contribution in [1.29, 1.82) is 0 Å². The number of hydrogen-bond acceptors (Lipinski definition) is 3. The maximum absolute atomic E-state index is 13.2. The molecule has 6 nitrogen and oxygen atoms in total. The highest BCUT2D eigenvalue weighted by Crippen LogP contribution is 2.25. The zero-order valence-electron chi connectivity index (χ0n) is 16.0. The quantitative estimate of drug-likeness (QED) is 0.839. The highest BCUT2D eigenvalue weighted by Gasteiger charge is 2.30. The lowest BCUT2D eigenvalue weighted by atomic mass is 9.97. The Morgan fingerprint density at radius 1 is 1.22 bits per heavy atom. The molecule has 0 bridgehead atoms. The first-order chi connectivity index (χ1) is 13.0. The van der Waals surface area contributed by atoms with Crippen molar-refractivity contribution in [3.63, 3.8) is 0 Å². The van der Waals surface area contributed by atoms with Gasteiger partial charge in [0.05, 0.1) is 5.69 Å². The van der Waals surface area contributed by atoms with Crippen LogP contribution >= 0.6 is 0 Å². The molecule has 3 rings (SSSR count). The van der Waals surface area contributed by atoms with Crippen molar-refractivity contribution >= 4 is 11.9 Å². The third kappa shape index (κ3) is 4.38. The van der Waals surface area contributed by atoms with E-state index in [4.69, 9.17) is 5.11 Å². The average Bonchev–Trinajstić information content (AvgIpc) is 3.12. The van der Waals surface area contributed by atoms with Crippen LogP contribution in [0.25, 0.3) is 5.69 Å². The van der Waals surface area contributed by atoms with Crippen molar-refractivity contribution in [2.75, 3.05) is 6.54 Å². The molecule has 1 fully saturated rings. The maximum Gasteiger partial charge on any atom is 0.303 e. The van der Waals surface area contributed by atoms with Crippen LogP contribution in [-0.2, 0) is 4.79 Å². The van der Waals surface area contributed by atoms with Crippen LogP contribution in [-0.4, -0.2) is 44.3 Å². The van der Waals surface area contributed by atoms with E-state index in [1.54, 1.807) is 0 Å². The van der Waals surface area contributed by atoms with Crippen LogP contribution in [0.2, 0.25) is 0 Å². The van der Waals surface area contributed by atoms with Crippen LogP contribution in [0.1, 0.15) is 68.1 Å². The number of aromatic nitrogens is 2. The number of rotatable bonds is 6. The number of para-hydroxylation sites is 1. The van der Waals surface area contributed by atoms with Crippen molar-refractivity contribution in [2.24, 2.45) is 0 Å². The number of amides is 1. The molecule has 2 aromatic rings. The molecule has 0 radical (unpaired) electrons. The predicted molar refractivity (Wildman–Crippen MR) is 103 cm³/mol. The zero-order chi connectivity index (χ0) is 19.4. The Bertz CT molecular complexity index is 798. The normalized spacial score (nSPS) is 17.3. The van der Waals surface area contributed by atoms with Gasteiger partial charge in [-0.3, -0.25) is 9.59 Å². The molecule has 1 unspecified atom stereocenters. The second-order valence-corrected chi connectivity index (χ2v) is 7.44. The molecule has 27 heavy (non-hydrogen) atoms. The molecule has 6 heteroatoms. The molecule has 1 aromatic carbocycles. The van der Waals surface area contributed by atoms with Crippen LogP contribution in [0.3, 0.4) is 0 Å². The summed E-state index contributed by atoms with van der Waals surface area (Å²) in [7, 11) is 0. The van der Waals surface area contributed by atoms with Crippen LogP contribution in [0.4, 0.5) is 0 Å². The van der Waals surface area contributed by atoms with Gasteiger partial charge in [-0.25, -0.2) is 4.68 Å². The molecule has 2 heterocycles. The third-order valence-electron chi connectivity index (χ3n) is 5.13. The van der Waals surface area contributed by atoms with E-state index >= 15 is 0 Å². The summed E-state index contributed by atoms with van der Waals surface area (Å²) in [5.41, 5.74) is 2.36. The summed E-state index contributed by atoms with van der Waals surface area (Å²) in [6, 6.07) is 11.7. The van der Waals surface area contributed by atoms with Gasteiger partial charge in [0.1, 0.15) is 0 Å². The second-order valence-electron chi connectivity index (χ2n) is 7.44. The molecular formula is C21H27N3O3. The molecule has 1 N–H and O–H groups in total. The maximum atomic E-state index is 13.2. The Morgan fingerprint density at radius 3 is 2.63 bits per heavy atom. The fourth-order valence-electron chi connectivity index (χ4n) is 3.69. The molecule has 1 atom stereocenters. The van der Waals surface area contributed by atoms with Crippen molar-refractivity contribution < 1.29 is 14.7 Å². The Hall–Kier alpha value is -2.63. The van der Waals surface area contributed by atoms with Gasteiger partial charge in [0.15, 0.2) is 5.69 Å². The number of piperidine rings is 1. The number of benzene rings is 1. The lowest BCUT2D eigenvalue weighted by molar-refractivity contribution is -0.137. The first-order valence-electron chi connectivity index (χ1n) is 9.65. The minimum atomic E-state index is -0.816. The smallest absolute Gasteiger partial charge is 0.303 e. The van der Waals surface area contributed by atoms with Gasteiger partial charge in [0.2, 0.25) is 0 Å². The first-order valence-corrected chi connectivity index (χ1v) is 9.65. The monoisotopic (exact) mass is 369 g/mol. The predicted octanol–water partition coefficient (Wildman–Crippen LogP) is 3.86. The molecule has 1 amide bonds. The topological polar surface area (TPSA) is 75.4 Å². The van der Waals surface area contributed by atoms with E-state index < -0.39 is 5.97 Å². The van der Waals surface area contributed by atoms with Gasteiger partial charge in [-0.2, -0.15) is 5.10 Å². The first kappa shape index (κ1) is 19.1. The van der Waals surface area contributed by atoms with Crippen LogP contribution in [0, 0.1) is 0 Å². The number of carbonyl (C=O) groups excluding carboxylic acids is 1. The Balaban J connectivity index is 1.88. The van der Waals surface area contributed by atoms with E-state index in [0.29, 0.717) is 18.7 Å². The van der Waals surface area contributed by atoms with E-state index in [1.165, 1.54) is 0 Å². The van der Waals surface area contributed by atoms with Crippen LogP contribution in [0.15, 0.2) is 36.4 Å². The van der Waals surface area contributed by atoms with Crippen molar-refractivity contribution in [3.05, 3.63) is 47.8 Å². The summed E-state index contributed by atoms with van der Waals surface area (Å²) in [6.07, 6.45) is 3.42. The fourth-order valence-corrected chi connectivity index (χ4v) is 3.69. The minimum Gasteiger partial charge on any atom is -0.481 e. The van der Waals surface area contributed by atoms with E-state index in [9.17, 15) is 9.59 Å². The number of likely N-dealkylation sites (tertiary alicyclic amines) is 1. The van der Waals surface area contributed by atoms with Crippen LogP contribution < -0.4 is 0 Å². The van der Waals surface area contributed by atoms with Crippen molar-refractivity contribution in [2.45, 2.75) is 57.9 Å². The van der Waals surface area contributed by atoms with E-state index in [0.717, 1.165) is 30.6 Å². The van der Waals surface area contributed by atoms with Gasteiger partial charge < -0.3 is 10.0 Å². The summed E-state index contributed by atoms with van der Waals surface area (Å²) < 4.78 is 1.84. The molecular weight excluding hydrogens is 342 g/mol. The van der Waals surface area contributed by atoms with Crippen LogP contribution in [0.5, 0.6) is 0 Å². The van der Waals surface area contributed by atoms with Gasteiger partial charge in [0, 0.05) is 24.7 Å². The average molecular weight is 369 g/mol. The van der Waals surface area contributed by atoms with Gasteiger partial charge in [-0.05, 0) is 49.8 Å². The summed E-state index contributed by atoms with van der Waals surface area (Å²) in [6.45, 7) is 4.83. The van der Waals surface area contributed by atoms with Gasteiger partial charge in [0.25, 0.3) is 5.91 Å². The number of aliphatic carboxylic acids is 1. The molecule has 0 aliphatic carbocycles. The van der Waals surface area contributed by atoms with Gasteiger partial charge in [-0.15, -0.1) is 0 Å². The summed E-state index contributed by atoms with van der Waals surface area (Å²) in [5, 5.41) is 13.6. The lowest BCUT2D eigenvalue weighted by Gasteiger charge is -2.35. The highest BCUT2D eigenvalue weighted by molar-refractivity contribution is 5.93. The highest BCUT2D eigenvalue weighted by atomic mass is 16.4. The van der Waals surface area contributed by atoms with E-state index in [1.807, 2.05) is 46.0 Å². The Kier molecular flexibility index (Phi) is 5.94. The Morgan fingerprint density at radius 2 is 1.96 bits per heavy atom. The number of hydrogen-bond donors (Lipinski definition) is 1. The summed E-state index contributed by atoms with van der Waals surface area (Å²) >= 11 is 0. The standard InChI is InChI=1S/C21H27N3O3/c1-15(2)19-14-18(22-24(19)17-9-4-3-5-10-17)21(27)23-13-7-6-8-16(23)11-12-20(25)26/h3-5,9-10,14-16H,6-8,11-13H2,1-2H3,(H,25,26). The lowest BCUT2D eigenvalue weighted by Crippen LogP contribution is -2.44. The minimum absolute atomic E-state index is 0.0216. The molecule has 144 valence electrons. The molecule has 1 saturated heterocycles. The van der Waals surface area contributed by atoms with Crippen molar-refractivity contribution in [1.82, 2.24) is 14.7 Å².